The van der Waals surface area contributed by atoms with Crippen LogP contribution in [0.4, 0.5) is 11.4 Å². The molecule has 0 aliphatic heterocycles. The molecule has 0 aliphatic rings. The van der Waals surface area contributed by atoms with Crippen LogP contribution in [0.3, 0.4) is 0 Å². The van der Waals surface area contributed by atoms with E-state index in [9.17, 15) is 10.1 Å². The van der Waals surface area contributed by atoms with Gasteiger partial charge in [0.25, 0.3) is 5.69 Å². The van der Waals surface area contributed by atoms with Crippen molar-refractivity contribution in [3.8, 4) is 11.5 Å². The maximum absolute atomic E-state index is 10.8. The van der Waals surface area contributed by atoms with Crippen LogP contribution in [-0.4, -0.2) is 4.92 Å². The number of nitrogens with zero attached hydrogens (tertiary/aromatic N) is 1. The van der Waals surface area contributed by atoms with E-state index in [1.54, 1.807) is 6.07 Å². The fourth-order valence-corrected chi connectivity index (χ4v) is 2.13. The Bertz CT molecular complexity index is 692. The molecular weight excluding hydrogens is 327 g/mol. The maximum Gasteiger partial charge on any atom is 0.295 e. The first kappa shape index (κ1) is 14.7. The van der Waals surface area contributed by atoms with Gasteiger partial charge in [0, 0.05) is 5.02 Å². The van der Waals surface area contributed by atoms with Gasteiger partial charge in [0.15, 0.2) is 5.75 Å². The zero-order valence-electron chi connectivity index (χ0n) is 9.77. The lowest BCUT2D eigenvalue weighted by Gasteiger charge is -2.10. The average molecular weight is 334 g/mol. The van der Waals surface area contributed by atoms with Crippen molar-refractivity contribution >= 4 is 46.2 Å². The van der Waals surface area contributed by atoms with Crippen molar-refractivity contribution in [3.05, 3.63) is 55.5 Å². The molecule has 0 atom stereocenters. The van der Waals surface area contributed by atoms with Crippen LogP contribution in [0.25, 0.3) is 0 Å². The summed E-state index contributed by atoms with van der Waals surface area (Å²) in [7, 11) is 0. The molecule has 2 aromatic rings. The zero-order chi connectivity index (χ0) is 14.9. The number of nitrogen functional groups attached to an aromatic ring is 1. The molecule has 0 spiro atoms. The molecule has 2 rings (SSSR count). The van der Waals surface area contributed by atoms with Crippen molar-refractivity contribution in [2.75, 3.05) is 5.73 Å². The van der Waals surface area contributed by atoms with E-state index in [2.05, 4.69) is 0 Å². The smallest absolute Gasteiger partial charge is 0.295 e. The number of halogens is 3. The minimum Gasteiger partial charge on any atom is -0.454 e. The monoisotopic (exact) mass is 332 g/mol. The molecule has 104 valence electrons. The van der Waals surface area contributed by atoms with E-state index < -0.39 is 4.92 Å². The summed E-state index contributed by atoms with van der Waals surface area (Å²) < 4.78 is 5.46. The van der Waals surface area contributed by atoms with Gasteiger partial charge in [-0.3, -0.25) is 10.1 Å². The van der Waals surface area contributed by atoms with Crippen molar-refractivity contribution in [1.82, 2.24) is 0 Å². The summed E-state index contributed by atoms with van der Waals surface area (Å²) in [4.78, 5) is 10.2. The topological polar surface area (TPSA) is 78.4 Å². The summed E-state index contributed by atoms with van der Waals surface area (Å²) in [5.41, 5.74) is 5.17. The van der Waals surface area contributed by atoms with Crippen LogP contribution in [0.1, 0.15) is 0 Å². The van der Waals surface area contributed by atoms with E-state index in [4.69, 9.17) is 45.3 Å². The highest BCUT2D eigenvalue weighted by Crippen LogP contribution is 2.39. The lowest BCUT2D eigenvalue weighted by molar-refractivity contribution is -0.383. The van der Waals surface area contributed by atoms with Gasteiger partial charge in [-0.05, 0) is 24.3 Å². The largest absolute Gasteiger partial charge is 0.454 e. The average Bonchev–Trinajstić information content (AvgIpc) is 2.35. The lowest BCUT2D eigenvalue weighted by Crippen LogP contribution is -1.97. The maximum atomic E-state index is 10.8. The third-order valence-corrected chi connectivity index (χ3v) is 3.22. The van der Waals surface area contributed by atoms with Crippen LogP contribution < -0.4 is 10.5 Å². The second-order valence-electron chi connectivity index (χ2n) is 3.78. The Morgan fingerprint density at radius 1 is 1.05 bits per heavy atom. The predicted molar refractivity (Wildman–Crippen MR) is 79.1 cm³/mol. The molecule has 0 radical (unpaired) electrons. The summed E-state index contributed by atoms with van der Waals surface area (Å²) in [5.74, 6) is 0.355. The number of rotatable bonds is 3. The highest BCUT2D eigenvalue weighted by atomic mass is 35.5. The molecular formula is C12H7Cl3N2O3. The fraction of sp³-hybridized carbons (Fsp3) is 0. The Morgan fingerprint density at radius 2 is 1.70 bits per heavy atom. The Labute approximate surface area is 129 Å². The summed E-state index contributed by atoms with van der Waals surface area (Å²) in [5, 5.41) is 11.7. The van der Waals surface area contributed by atoms with E-state index in [0.29, 0.717) is 5.02 Å². The number of nitro groups is 1. The van der Waals surface area contributed by atoms with E-state index >= 15 is 0 Å². The number of ether oxygens (including phenoxy) is 1. The summed E-state index contributed by atoms with van der Waals surface area (Å²) >= 11 is 17.7. The lowest BCUT2D eigenvalue weighted by atomic mass is 10.2. The summed E-state index contributed by atoms with van der Waals surface area (Å²) in [6.45, 7) is 0. The molecule has 0 aliphatic carbocycles. The third kappa shape index (κ3) is 3.07. The molecule has 8 heteroatoms. The minimum absolute atomic E-state index is 0.0467. The first-order valence-electron chi connectivity index (χ1n) is 5.25. The highest BCUT2D eigenvalue weighted by Gasteiger charge is 2.17. The first-order chi connectivity index (χ1) is 9.38. The minimum atomic E-state index is -0.623. The van der Waals surface area contributed by atoms with Crippen LogP contribution in [0, 0.1) is 10.1 Å². The molecule has 0 aromatic heterocycles. The van der Waals surface area contributed by atoms with Crippen LogP contribution in [-0.2, 0) is 0 Å². The molecule has 2 N–H and O–H groups in total. The molecule has 0 saturated carbocycles. The molecule has 0 unspecified atom stereocenters. The standard InChI is InChI=1S/C12H7Cl3N2O3/c13-6-1-2-11(7(14)3-6)20-12-5-10(17(18)19)9(16)4-8(12)15/h1-5H,16H2. The summed E-state index contributed by atoms with van der Waals surface area (Å²) in [6, 6.07) is 6.98. The molecule has 0 amide bonds. The molecule has 0 bridgehead atoms. The normalized spacial score (nSPS) is 10.3. The Balaban J connectivity index is 2.43. The third-order valence-electron chi connectivity index (χ3n) is 2.39. The van der Waals surface area contributed by atoms with Crippen LogP contribution >= 0.6 is 34.8 Å². The van der Waals surface area contributed by atoms with Gasteiger partial charge in [-0.1, -0.05) is 34.8 Å². The van der Waals surface area contributed by atoms with Gasteiger partial charge in [0.2, 0.25) is 0 Å². The van der Waals surface area contributed by atoms with Crippen molar-refractivity contribution < 1.29 is 9.66 Å². The predicted octanol–water partition coefficient (Wildman–Crippen LogP) is 4.93. The molecule has 0 saturated heterocycles. The van der Waals surface area contributed by atoms with Crippen LogP contribution in [0.15, 0.2) is 30.3 Å². The van der Waals surface area contributed by atoms with Crippen molar-refractivity contribution in [2.45, 2.75) is 0 Å². The number of hydrogen-bond acceptors (Lipinski definition) is 4. The van der Waals surface area contributed by atoms with Gasteiger partial charge in [0.1, 0.15) is 11.4 Å². The number of nitrogens with two attached hydrogens (primary N) is 1. The van der Waals surface area contributed by atoms with Crippen LogP contribution in [0.5, 0.6) is 11.5 Å². The van der Waals surface area contributed by atoms with Gasteiger partial charge in [0.05, 0.1) is 21.0 Å². The van der Waals surface area contributed by atoms with Gasteiger partial charge in [-0.25, -0.2) is 0 Å². The molecule has 0 heterocycles. The second-order valence-corrected chi connectivity index (χ2v) is 5.03. The van der Waals surface area contributed by atoms with E-state index in [1.165, 1.54) is 18.2 Å². The van der Waals surface area contributed by atoms with E-state index in [-0.39, 0.29) is 32.9 Å². The van der Waals surface area contributed by atoms with E-state index in [1.807, 2.05) is 0 Å². The van der Waals surface area contributed by atoms with Crippen molar-refractivity contribution in [2.24, 2.45) is 0 Å². The van der Waals surface area contributed by atoms with Crippen molar-refractivity contribution in [3.63, 3.8) is 0 Å². The highest BCUT2D eigenvalue weighted by molar-refractivity contribution is 6.35. The number of nitro benzene ring substituents is 1. The SMILES string of the molecule is Nc1cc(Cl)c(Oc2ccc(Cl)cc2Cl)cc1[N+](=O)[O-]. The van der Waals surface area contributed by atoms with Gasteiger partial charge in [-0.15, -0.1) is 0 Å². The van der Waals surface area contributed by atoms with Crippen molar-refractivity contribution in [1.29, 1.82) is 0 Å². The Morgan fingerprint density at radius 3 is 2.30 bits per heavy atom. The number of hydrogen-bond donors (Lipinski definition) is 1. The zero-order valence-corrected chi connectivity index (χ0v) is 12.0. The Hall–Kier alpha value is -1.69. The fourth-order valence-electron chi connectivity index (χ4n) is 1.47. The first-order valence-corrected chi connectivity index (χ1v) is 6.38. The molecule has 5 nitrogen and oxygen atoms in total. The second kappa shape index (κ2) is 5.75. The van der Waals surface area contributed by atoms with E-state index in [0.717, 1.165) is 6.07 Å². The molecule has 2 aromatic carbocycles. The summed E-state index contributed by atoms with van der Waals surface area (Å²) in [6.07, 6.45) is 0. The quantitative estimate of drug-likeness (QED) is 0.491. The number of anilines is 1. The van der Waals surface area contributed by atoms with Gasteiger partial charge in [-0.2, -0.15) is 0 Å². The van der Waals surface area contributed by atoms with Crippen LogP contribution in [0.2, 0.25) is 15.1 Å². The molecule has 20 heavy (non-hydrogen) atoms. The van der Waals surface area contributed by atoms with Gasteiger partial charge < -0.3 is 10.5 Å². The number of benzene rings is 2. The molecule has 0 fully saturated rings. The Kier molecular flexibility index (Phi) is 4.23. The van der Waals surface area contributed by atoms with Gasteiger partial charge >= 0.3 is 0 Å².